The molecule has 0 aliphatic carbocycles. The maximum absolute atomic E-state index is 13.0. The summed E-state index contributed by atoms with van der Waals surface area (Å²) in [5.74, 6) is 0.156. The van der Waals surface area contributed by atoms with Gasteiger partial charge in [0.2, 0.25) is 11.8 Å². The molecule has 0 radical (unpaired) electrons. The molecule has 4 atom stereocenters. The van der Waals surface area contributed by atoms with Gasteiger partial charge >= 0.3 is 12.0 Å². The highest BCUT2D eigenvalue weighted by atomic mass is 32.2. The van der Waals surface area contributed by atoms with Crippen molar-refractivity contribution in [1.29, 1.82) is 0 Å². The molecule has 1 aromatic carbocycles. The Labute approximate surface area is 178 Å². The van der Waals surface area contributed by atoms with Crippen LogP contribution in [0.15, 0.2) is 30.3 Å². The summed E-state index contributed by atoms with van der Waals surface area (Å²) in [4.78, 5) is 50.6. The Morgan fingerprint density at radius 2 is 1.97 bits per heavy atom. The lowest BCUT2D eigenvalue weighted by Crippen LogP contribution is -2.71. The number of hydrogen-bond acceptors (Lipinski definition) is 5. The van der Waals surface area contributed by atoms with Gasteiger partial charge in [0.15, 0.2) is 0 Å². The summed E-state index contributed by atoms with van der Waals surface area (Å²) in [5, 5.41) is 16.7. The van der Waals surface area contributed by atoms with Gasteiger partial charge in [-0.1, -0.05) is 36.3 Å². The molecule has 2 fully saturated rings. The van der Waals surface area contributed by atoms with E-state index in [0.29, 0.717) is 5.56 Å². The van der Waals surface area contributed by atoms with E-state index in [1.807, 2.05) is 0 Å². The third-order valence-electron chi connectivity index (χ3n) is 4.99. The minimum absolute atomic E-state index is 0.00456. The van der Waals surface area contributed by atoms with Crippen molar-refractivity contribution in [3.63, 3.8) is 0 Å². The van der Waals surface area contributed by atoms with Gasteiger partial charge in [-0.05, 0) is 19.4 Å². The highest BCUT2D eigenvalue weighted by Crippen LogP contribution is 2.50. The van der Waals surface area contributed by atoms with Crippen LogP contribution in [0.3, 0.4) is 0 Å². The average molecular weight is 430 g/mol. The number of hydrogen-bond donors (Lipinski definition) is 4. The smallest absolute Gasteiger partial charge is 0.327 e. The SMILES string of the molecule is C#CCNC(=O)N[C@@H](C(=O)N[C@@H]1C(=O)N2C1SC(C)(C)[C@@H]2C(=O)O)c1ccccc1. The number of carboxylic acid groups (broad SMARTS) is 1. The molecular weight excluding hydrogens is 408 g/mol. The van der Waals surface area contributed by atoms with Crippen LogP contribution < -0.4 is 16.0 Å². The highest BCUT2D eigenvalue weighted by molar-refractivity contribution is 8.01. The lowest BCUT2D eigenvalue weighted by atomic mass is 9.95. The lowest BCUT2D eigenvalue weighted by Gasteiger charge is -2.44. The third kappa shape index (κ3) is 3.93. The van der Waals surface area contributed by atoms with E-state index in [1.165, 1.54) is 16.7 Å². The number of aliphatic carboxylic acids is 1. The van der Waals surface area contributed by atoms with Gasteiger partial charge in [0, 0.05) is 4.75 Å². The fourth-order valence-corrected chi connectivity index (χ4v) is 5.27. The summed E-state index contributed by atoms with van der Waals surface area (Å²) >= 11 is 1.33. The predicted octanol–water partition coefficient (Wildman–Crippen LogP) is 0.292. The second kappa shape index (κ2) is 8.28. The summed E-state index contributed by atoms with van der Waals surface area (Å²) in [7, 11) is 0. The predicted molar refractivity (Wildman–Crippen MR) is 110 cm³/mol. The number of benzene rings is 1. The fourth-order valence-electron chi connectivity index (χ4n) is 3.64. The Morgan fingerprint density at radius 3 is 2.57 bits per heavy atom. The first-order valence-corrected chi connectivity index (χ1v) is 10.1. The summed E-state index contributed by atoms with van der Waals surface area (Å²) in [6, 6.07) is 5.05. The van der Waals surface area contributed by atoms with E-state index in [9.17, 15) is 24.3 Å². The van der Waals surface area contributed by atoms with Crippen LogP contribution in [-0.4, -0.2) is 62.6 Å². The van der Waals surface area contributed by atoms with Gasteiger partial charge in [-0.2, -0.15) is 0 Å². The van der Waals surface area contributed by atoms with Crippen LogP contribution in [0, 0.1) is 12.3 Å². The lowest BCUT2D eigenvalue weighted by molar-refractivity contribution is -0.161. The molecule has 2 aliphatic rings. The standard InChI is InChI=1S/C20H22N4O5S/c1-4-10-21-19(29)23-12(11-8-6-5-7-9-11)15(25)22-13-16(26)24-14(18(27)28)20(2,3)30-17(13)24/h1,5-9,12-14,17H,10H2,2-3H3,(H,22,25)(H,27,28)(H2,21,23,29)/t12-,13-,14+,17?/m1/s1. The zero-order valence-electron chi connectivity index (χ0n) is 16.4. The molecule has 30 heavy (non-hydrogen) atoms. The van der Waals surface area contributed by atoms with Crippen LogP contribution in [0.1, 0.15) is 25.5 Å². The summed E-state index contributed by atoms with van der Waals surface area (Å²) in [6.45, 7) is 3.51. The number of carboxylic acids is 1. The number of nitrogens with one attached hydrogen (secondary N) is 3. The van der Waals surface area contributed by atoms with E-state index in [2.05, 4.69) is 21.9 Å². The minimum Gasteiger partial charge on any atom is -0.480 e. The Bertz CT molecular complexity index is 914. The van der Waals surface area contributed by atoms with Gasteiger partial charge in [-0.3, -0.25) is 9.59 Å². The first kappa shape index (κ1) is 21.5. The number of fused-ring (bicyclic) bond motifs is 1. The number of nitrogens with zero attached hydrogens (tertiary/aromatic N) is 1. The van der Waals surface area contributed by atoms with Crippen molar-refractivity contribution in [1.82, 2.24) is 20.9 Å². The van der Waals surface area contributed by atoms with E-state index in [1.54, 1.807) is 44.2 Å². The van der Waals surface area contributed by atoms with Gasteiger partial charge < -0.3 is 26.0 Å². The molecule has 2 aliphatic heterocycles. The molecule has 1 unspecified atom stereocenters. The molecule has 2 saturated heterocycles. The fraction of sp³-hybridized carbons (Fsp3) is 0.400. The van der Waals surface area contributed by atoms with Gasteiger partial charge in [0.25, 0.3) is 0 Å². The van der Waals surface area contributed by atoms with Crippen LogP contribution in [0.4, 0.5) is 4.79 Å². The quantitative estimate of drug-likeness (QED) is 0.380. The van der Waals surface area contributed by atoms with Crippen molar-refractivity contribution in [2.45, 2.75) is 42.1 Å². The molecule has 10 heteroatoms. The largest absolute Gasteiger partial charge is 0.480 e. The number of β-lactam (4-membered cyclic amide) rings is 1. The van der Waals surface area contributed by atoms with Crippen molar-refractivity contribution >= 4 is 35.6 Å². The van der Waals surface area contributed by atoms with Gasteiger partial charge in [-0.25, -0.2) is 9.59 Å². The van der Waals surface area contributed by atoms with Crippen LogP contribution >= 0.6 is 11.8 Å². The number of rotatable bonds is 6. The zero-order valence-corrected chi connectivity index (χ0v) is 17.2. The molecule has 0 saturated carbocycles. The molecule has 1 aromatic rings. The maximum Gasteiger partial charge on any atom is 0.327 e. The second-order valence-electron chi connectivity index (χ2n) is 7.46. The van der Waals surface area contributed by atoms with Crippen molar-refractivity contribution in [3.8, 4) is 12.3 Å². The molecule has 3 rings (SSSR count). The number of carbonyl (C=O) groups excluding carboxylic acids is 3. The Morgan fingerprint density at radius 1 is 1.30 bits per heavy atom. The van der Waals surface area contributed by atoms with E-state index >= 15 is 0 Å². The van der Waals surface area contributed by atoms with Crippen molar-refractivity contribution < 1.29 is 24.3 Å². The monoisotopic (exact) mass is 430 g/mol. The van der Waals surface area contributed by atoms with Gasteiger partial charge in [0.05, 0.1) is 6.54 Å². The summed E-state index contributed by atoms with van der Waals surface area (Å²) in [5.41, 5.74) is 0.525. The Hall–Kier alpha value is -3.19. The molecular formula is C20H22N4O5S. The number of amides is 4. The van der Waals surface area contributed by atoms with Gasteiger partial charge in [0.1, 0.15) is 23.5 Å². The van der Waals surface area contributed by atoms with Crippen LogP contribution in [-0.2, 0) is 14.4 Å². The molecule has 2 heterocycles. The summed E-state index contributed by atoms with van der Waals surface area (Å²) in [6.07, 6.45) is 5.13. The topological polar surface area (TPSA) is 128 Å². The normalized spacial score (nSPS) is 24.6. The molecule has 0 bridgehead atoms. The first-order valence-electron chi connectivity index (χ1n) is 9.23. The Kier molecular flexibility index (Phi) is 5.94. The van der Waals surface area contributed by atoms with Crippen LogP contribution in [0.2, 0.25) is 0 Å². The highest BCUT2D eigenvalue weighted by Gasteiger charge is 2.64. The first-order chi connectivity index (χ1) is 14.2. The maximum atomic E-state index is 13.0. The number of terminal acetylenes is 1. The van der Waals surface area contributed by atoms with E-state index < -0.39 is 52.1 Å². The number of thioether (sulfide) groups is 1. The molecule has 4 amide bonds. The van der Waals surface area contributed by atoms with E-state index in [0.717, 1.165) is 0 Å². The van der Waals surface area contributed by atoms with Crippen molar-refractivity contribution in [2.75, 3.05) is 6.54 Å². The molecule has 4 N–H and O–H groups in total. The van der Waals surface area contributed by atoms with Gasteiger partial charge in [-0.15, -0.1) is 18.2 Å². The van der Waals surface area contributed by atoms with Crippen molar-refractivity contribution in [3.05, 3.63) is 35.9 Å². The second-order valence-corrected chi connectivity index (χ2v) is 9.23. The minimum atomic E-state index is -1.08. The van der Waals surface area contributed by atoms with E-state index in [4.69, 9.17) is 6.42 Å². The number of carbonyl (C=O) groups is 4. The Balaban J connectivity index is 1.75. The average Bonchev–Trinajstić information content (AvgIpc) is 2.97. The summed E-state index contributed by atoms with van der Waals surface area (Å²) < 4.78 is -0.697. The molecule has 0 aromatic heterocycles. The zero-order chi connectivity index (χ0) is 22.1. The molecule has 158 valence electrons. The van der Waals surface area contributed by atoms with E-state index in [-0.39, 0.29) is 6.54 Å². The molecule has 9 nitrogen and oxygen atoms in total. The van der Waals surface area contributed by atoms with Crippen molar-refractivity contribution in [2.24, 2.45) is 0 Å². The molecule has 0 spiro atoms. The third-order valence-corrected chi connectivity index (χ3v) is 6.57. The van der Waals surface area contributed by atoms with Crippen LogP contribution in [0.25, 0.3) is 0 Å². The van der Waals surface area contributed by atoms with Crippen LogP contribution in [0.5, 0.6) is 0 Å². The number of urea groups is 1.